The first-order valence-electron chi connectivity index (χ1n) is 10.00. The largest absolute Gasteiger partial charge is 0.357 e. The summed E-state index contributed by atoms with van der Waals surface area (Å²) >= 11 is 1.58. The molecule has 7 nitrogen and oxygen atoms in total. The van der Waals surface area contributed by atoms with Crippen molar-refractivity contribution in [1.29, 1.82) is 0 Å². The highest BCUT2D eigenvalue weighted by Crippen LogP contribution is 2.30. The zero-order valence-electron chi connectivity index (χ0n) is 17.2. The Morgan fingerprint density at radius 3 is 2.80 bits per heavy atom. The molecule has 1 fully saturated rings. The Labute approximate surface area is 178 Å². The lowest BCUT2D eigenvalue weighted by Crippen LogP contribution is -2.49. The second-order valence-corrected chi connectivity index (χ2v) is 8.76. The fraction of sp³-hybridized carbons (Fsp3) is 0.429. The molecule has 1 unspecified atom stereocenters. The van der Waals surface area contributed by atoms with Crippen molar-refractivity contribution in [1.82, 2.24) is 20.4 Å². The number of hydrogen-bond donors (Lipinski definition) is 1. The number of aryl methyl sites for hydroxylation is 3. The van der Waals surface area contributed by atoms with Crippen LogP contribution < -0.4 is 10.2 Å². The average Bonchev–Trinajstić information content (AvgIpc) is 3.31. The minimum absolute atomic E-state index is 0.0996. The van der Waals surface area contributed by atoms with E-state index in [0.717, 1.165) is 28.4 Å². The molecule has 3 aromatic rings. The number of halogens is 1. The predicted octanol–water partition coefficient (Wildman–Crippen LogP) is 3.93. The Kier molecular flexibility index (Phi) is 5.80. The number of nitrogens with one attached hydrogen (secondary N) is 1. The van der Waals surface area contributed by atoms with Crippen LogP contribution in [0.1, 0.15) is 40.7 Å². The molecule has 158 valence electrons. The third-order valence-electron chi connectivity index (χ3n) is 5.33. The molecule has 0 spiro atoms. The normalized spacial score (nSPS) is 16.7. The van der Waals surface area contributed by atoms with Gasteiger partial charge in [-0.15, -0.1) is 11.3 Å². The molecule has 1 amide bonds. The van der Waals surface area contributed by atoms with Gasteiger partial charge in [-0.25, -0.2) is 9.37 Å². The molecule has 0 saturated carbocycles. The molecule has 1 aromatic carbocycles. The lowest BCUT2D eigenvalue weighted by molar-refractivity contribution is -0.123. The maximum atomic E-state index is 15.0. The molecule has 2 aromatic heterocycles. The fourth-order valence-corrected chi connectivity index (χ4v) is 4.56. The number of thiazole rings is 1. The Balaban J connectivity index is 1.50. The van der Waals surface area contributed by atoms with Gasteiger partial charge < -0.3 is 14.7 Å². The first kappa shape index (κ1) is 20.5. The van der Waals surface area contributed by atoms with Crippen molar-refractivity contribution in [3.8, 4) is 11.4 Å². The zero-order valence-corrected chi connectivity index (χ0v) is 18.1. The zero-order chi connectivity index (χ0) is 21.3. The number of carbonyl (C=O) groups excluding carboxylic acids is 1. The first-order valence-corrected chi connectivity index (χ1v) is 10.8. The van der Waals surface area contributed by atoms with E-state index in [9.17, 15) is 9.18 Å². The van der Waals surface area contributed by atoms with Crippen molar-refractivity contribution in [2.75, 3.05) is 11.4 Å². The van der Waals surface area contributed by atoms with Crippen LogP contribution in [0, 0.1) is 26.6 Å². The minimum Gasteiger partial charge on any atom is -0.357 e. The predicted molar refractivity (Wildman–Crippen MR) is 113 cm³/mol. The summed E-state index contributed by atoms with van der Waals surface area (Å²) in [5.41, 5.74) is 1.95. The monoisotopic (exact) mass is 429 g/mol. The van der Waals surface area contributed by atoms with Crippen molar-refractivity contribution >= 4 is 22.9 Å². The summed E-state index contributed by atoms with van der Waals surface area (Å²) in [5, 5.41) is 7.70. The molecule has 1 aliphatic rings. The van der Waals surface area contributed by atoms with Gasteiger partial charge in [-0.1, -0.05) is 5.16 Å². The van der Waals surface area contributed by atoms with Crippen LogP contribution in [0.4, 0.5) is 10.1 Å². The van der Waals surface area contributed by atoms with Gasteiger partial charge in [0.2, 0.25) is 17.6 Å². The summed E-state index contributed by atoms with van der Waals surface area (Å²) < 4.78 is 20.0. The van der Waals surface area contributed by atoms with E-state index in [-0.39, 0.29) is 5.91 Å². The molecule has 9 heteroatoms. The van der Waals surface area contributed by atoms with Crippen molar-refractivity contribution in [3.05, 3.63) is 45.5 Å². The second kappa shape index (κ2) is 8.51. The van der Waals surface area contributed by atoms with E-state index in [1.807, 2.05) is 18.7 Å². The third-order valence-corrected chi connectivity index (χ3v) is 6.41. The lowest BCUT2D eigenvalue weighted by atomic mass is 10.00. The molecule has 1 aliphatic heterocycles. The van der Waals surface area contributed by atoms with E-state index < -0.39 is 11.9 Å². The summed E-state index contributed by atoms with van der Waals surface area (Å²) in [6.45, 7) is 6.69. The number of amides is 1. The number of aromatic nitrogens is 3. The van der Waals surface area contributed by atoms with Gasteiger partial charge >= 0.3 is 0 Å². The molecule has 1 N–H and O–H groups in total. The van der Waals surface area contributed by atoms with Crippen molar-refractivity contribution in [2.45, 2.75) is 52.6 Å². The first-order chi connectivity index (χ1) is 14.4. The molecule has 0 radical (unpaired) electrons. The van der Waals surface area contributed by atoms with E-state index in [1.165, 1.54) is 6.07 Å². The van der Waals surface area contributed by atoms with E-state index in [4.69, 9.17) is 4.52 Å². The smallest absolute Gasteiger partial charge is 0.243 e. The Morgan fingerprint density at radius 2 is 2.13 bits per heavy atom. The van der Waals surface area contributed by atoms with Crippen LogP contribution in [0.2, 0.25) is 0 Å². The molecule has 3 heterocycles. The third kappa shape index (κ3) is 4.21. The molecule has 4 rings (SSSR count). The van der Waals surface area contributed by atoms with Gasteiger partial charge in [0.25, 0.3) is 0 Å². The molecule has 30 heavy (non-hydrogen) atoms. The van der Waals surface area contributed by atoms with E-state index in [1.54, 1.807) is 30.4 Å². The van der Waals surface area contributed by atoms with Crippen LogP contribution in [0.15, 0.2) is 22.7 Å². The maximum absolute atomic E-state index is 15.0. The van der Waals surface area contributed by atoms with Crippen molar-refractivity contribution in [3.63, 3.8) is 0 Å². The SMILES string of the molecule is Cc1nc(-c2ccc(N3CCCCC3C(=O)NCc3nc(C)c(C)s3)c(F)c2)no1. The standard InChI is InChI=1S/C21H24FN5O2S/c1-12-13(2)30-19(24-12)11-23-21(28)18-6-4-5-9-27(18)17-8-7-15(10-16(17)22)20-25-14(3)29-26-20/h7-8,10,18H,4-6,9,11H2,1-3H3,(H,23,28). The van der Waals surface area contributed by atoms with Crippen LogP contribution in [-0.4, -0.2) is 33.6 Å². The summed E-state index contributed by atoms with van der Waals surface area (Å²) in [4.78, 5) is 24.5. The Bertz CT molecular complexity index is 1040. The number of nitrogens with zero attached hydrogens (tertiary/aromatic N) is 4. The van der Waals surface area contributed by atoms with Crippen LogP contribution in [0.5, 0.6) is 0 Å². The molecular formula is C21H24FN5O2S. The molecule has 0 aliphatic carbocycles. The number of rotatable bonds is 5. The molecule has 1 atom stereocenters. The van der Waals surface area contributed by atoms with Gasteiger partial charge in [0, 0.05) is 23.9 Å². The van der Waals surface area contributed by atoms with Crippen LogP contribution in [0.3, 0.4) is 0 Å². The van der Waals surface area contributed by atoms with Gasteiger partial charge in [-0.2, -0.15) is 4.98 Å². The number of hydrogen-bond acceptors (Lipinski definition) is 7. The minimum atomic E-state index is -0.409. The summed E-state index contributed by atoms with van der Waals surface area (Å²) in [6.07, 6.45) is 2.54. The Morgan fingerprint density at radius 1 is 1.30 bits per heavy atom. The van der Waals surface area contributed by atoms with Crippen LogP contribution in [0.25, 0.3) is 11.4 Å². The Hall–Kier alpha value is -2.81. The van der Waals surface area contributed by atoms with Gasteiger partial charge in [-0.05, 0) is 51.3 Å². The highest BCUT2D eigenvalue weighted by molar-refractivity contribution is 7.11. The van der Waals surface area contributed by atoms with E-state index >= 15 is 0 Å². The lowest BCUT2D eigenvalue weighted by Gasteiger charge is -2.36. The maximum Gasteiger partial charge on any atom is 0.243 e. The highest BCUT2D eigenvalue weighted by atomic mass is 32.1. The fourth-order valence-electron chi connectivity index (χ4n) is 3.68. The molecule has 1 saturated heterocycles. The van der Waals surface area contributed by atoms with Crippen molar-refractivity contribution < 1.29 is 13.7 Å². The molecular weight excluding hydrogens is 405 g/mol. The summed E-state index contributed by atoms with van der Waals surface area (Å²) in [7, 11) is 0. The van der Waals surface area contributed by atoms with Gasteiger partial charge in [0.15, 0.2) is 0 Å². The number of piperidine rings is 1. The summed E-state index contributed by atoms with van der Waals surface area (Å²) in [6, 6.07) is 4.43. The molecule has 0 bridgehead atoms. The number of carbonyl (C=O) groups is 1. The van der Waals surface area contributed by atoms with E-state index in [0.29, 0.717) is 42.5 Å². The average molecular weight is 430 g/mol. The number of anilines is 1. The topological polar surface area (TPSA) is 84.2 Å². The van der Waals surface area contributed by atoms with Crippen molar-refractivity contribution in [2.24, 2.45) is 0 Å². The number of benzene rings is 1. The van der Waals surface area contributed by atoms with Gasteiger partial charge in [0.1, 0.15) is 16.9 Å². The second-order valence-electron chi connectivity index (χ2n) is 7.48. The van der Waals surface area contributed by atoms with Crippen LogP contribution >= 0.6 is 11.3 Å². The van der Waals surface area contributed by atoms with Gasteiger partial charge in [0.05, 0.1) is 17.9 Å². The summed E-state index contributed by atoms with van der Waals surface area (Å²) in [5.74, 6) is 0.270. The quantitative estimate of drug-likeness (QED) is 0.662. The highest BCUT2D eigenvalue weighted by Gasteiger charge is 2.30. The van der Waals surface area contributed by atoms with Gasteiger partial charge in [-0.3, -0.25) is 4.79 Å². The van der Waals surface area contributed by atoms with Crippen LogP contribution in [-0.2, 0) is 11.3 Å². The van der Waals surface area contributed by atoms with E-state index in [2.05, 4.69) is 20.4 Å².